The van der Waals surface area contributed by atoms with Gasteiger partial charge in [-0.15, -0.1) is 0 Å². The molecule has 2 nitrogen and oxygen atoms in total. The minimum absolute atomic E-state index is 0.0399. The van der Waals surface area contributed by atoms with Crippen molar-refractivity contribution in [2.24, 2.45) is 5.73 Å². The summed E-state index contributed by atoms with van der Waals surface area (Å²) in [4.78, 5) is 0. The third-order valence-electron chi connectivity index (χ3n) is 1.95. The molecule has 2 N–H and O–H groups in total. The van der Waals surface area contributed by atoms with Gasteiger partial charge in [0.2, 0.25) is 0 Å². The predicted octanol–water partition coefficient (Wildman–Crippen LogP) is 3.60. The Hall–Kier alpha value is -2.08. The summed E-state index contributed by atoms with van der Waals surface area (Å²) in [6.45, 7) is 9.34. The molecule has 0 amide bonds. The first kappa shape index (κ1) is 14.9. The fourth-order valence-electron chi connectivity index (χ4n) is 1.21. The molecule has 0 saturated carbocycles. The summed E-state index contributed by atoms with van der Waals surface area (Å²) in [6, 6.07) is 6.20. The van der Waals surface area contributed by atoms with Gasteiger partial charge in [0.1, 0.15) is 11.9 Å². The van der Waals surface area contributed by atoms with Crippen LogP contribution >= 0.6 is 0 Å². The van der Waals surface area contributed by atoms with Gasteiger partial charge in [0, 0.05) is 5.70 Å². The Bertz CT molecular complexity index is 468. The molecule has 0 spiro atoms. The minimum atomic E-state index is -0.523. The van der Waals surface area contributed by atoms with Crippen LogP contribution in [0.25, 0.3) is 5.57 Å². The van der Waals surface area contributed by atoms with Crippen molar-refractivity contribution in [1.29, 1.82) is 5.26 Å². The highest BCUT2D eigenvalue weighted by molar-refractivity contribution is 5.66. The van der Waals surface area contributed by atoms with Gasteiger partial charge in [0.15, 0.2) is 0 Å². The standard InChI is InChI=1S/C12H11FN2.C2H6/c1-8(5-9(2)15)10-3-4-11(7-14)12(13)6-10;1-2/h3-6H,2,15H2,1H3;1-2H3/b8-5+;. The van der Waals surface area contributed by atoms with Crippen molar-refractivity contribution < 1.29 is 4.39 Å². The van der Waals surface area contributed by atoms with Gasteiger partial charge in [-0.2, -0.15) is 5.26 Å². The van der Waals surface area contributed by atoms with E-state index >= 15 is 0 Å². The van der Waals surface area contributed by atoms with Gasteiger partial charge in [-0.3, -0.25) is 0 Å². The number of hydrogen-bond acceptors (Lipinski definition) is 2. The number of allylic oxidation sites excluding steroid dienone is 2. The van der Waals surface area contributed by atoms with Crippen LogP contribution in [-0.4, -0.2) is 0 Å². The Balaban J connectivity index is 0.00000121. The fourth-order valence-corrected chi connectivity index (χ4v) is 1.21. The number of rotatable bonds is 2. The molecule has 0 aliphatic rings. The molecule has 0 bridgehead atoms. The highest BCUT2D eigenvalue weighted by Gasteiger charge is 2.03. The summed E-state index contributed by atoms with van der Waals surface area (Å²) in [6.07, 6.45) is 1.65. The molecule has 90 valence electrons. The molecule has 1 aromatic carbocycles. The topological polar surface area (TPSA) is 49.8 Å². The van der Waals surface area contributed by atoms with Crippen LogP contribution in [0.15, 0.2) is 36.6 Å². The molecule has 0 aliphatic carbocycles. The van der Waals surface area contributed by atoms with Gasteiger partial charge in [-0.05, 0) is 36.3 Å². The van der Waals surface area contributed by atoms with Crippen molar-refractivity contribution in [3.63, 3.8) is 0 Å². The van der Waals surface area contributed by atoms with Crippen LogP contribution in [0.4, 0.5) is 4.39 Å². The third kappa shape index (κ3) is 4.52. The molecule has 0 radical (unpaired) electrons. The molecule has 17 heavy (non-hydrogen) atoms. The van der Waals surface area contributed by atoms with Crippen LogP contribution in [0.2, 0.25) is 0 Å². The lowest BCUT2D eigenvalue weighted by atomic mass is 10.0. The molecule has 1 aromatic rings. The van der Waals surface area contributed by atoms with Crippen LogP contribution in [0.1, 0.15) is 31.9 Å². The van der Waals surface area contributed by atoms with E-state index in [9.17, 15) is 4.39 Å². The molecule has 0 aromatic heterocycles. The van der Waals surface area contributed by atoms with E-state index in [2.05, 4.69) is 6.58 Å². The average Bonchev–Trinajstić information content (AvgIpc) is 2.30. The lowest BCUT2D eigenvalue weighted by molar-refractivity contribution is 0.623. The molecular weight excluding hydrogens is 215 g/mol. The van der Waals surface area contributed by atoms with Crippen LogP contribution in [0.5, 0.6) is 0 Å². The number of nitriles is 1. The van der Waals surface area contributed by atoms with Gasteiger partial charge in [0.25, 0.3) is 0 Å². The van der Waals surface area contributed by atoms with Crippen molar-refractivity contribution >= 4 is 5.57 Å². The molecular formula is C14H17FN2. The highest BCUT2D eigenvalue weighted by Crippen LogP contribution is 2.17. The summed E-state index contributed by atoms with van der Waals surface area (Å²) >= 11 is 0. The monoisotopic (exact) mass is 232 g/mol. The lowest BCUT2D eigenvalue weighted by Crippen LogP contribution is -1.92. The second-order valence-corrected chi connectivity index (χ2v) is 3.21. The van der Waals surface area contributed by atoms with Gasteiger partial charge in [-0.25, -0.2) is 4.39 Å². The molecule has 1 rings (SSSR count). The van der Waals surface area contributed by atoms with Crippen molar-refractivity contribution in [3.8, 4) is 6.07 Å². The lowest BCUT2D eigenvalue weighted by Gasteiger charge is -2.02. The summed E-state index contributed by atoms with van der Waals surface area (Å²) < 4.78 is 13.2. The zero-order chi connectivity index (χ0) is 13.4. The normalized spacial score (nSPS) is 9.94. The number of nitrogens with two attached hydrogens (primary N) is 1. The quantitative estimate of drug-likeness (QED) is 0.792. The Kier molecular flexibility index (Phi) is 6.35. The molecule has 0 fully saturated rings. The molecule has 0 saturated heterocycles. The predicted molar refractivity (Wildman–Crippen MR) is 69.4 cm³/mol. The van der Waals surface area contributed by atoms with Crippen molar-refractivity contribution in [2.45, 2.75) is 20.8 Å². The van der Waals surface area contributed by atoms with E-state index in [0.717, 1.165) is 5.57 Å². The van der Waals surface area contributed by atoms with Gasteiger partial charge >= 0.3 is 0 Å². The molecule has 0 heterocycles. The van der Waals surface area contributed by atoms with Crippen LogP contribution in [0, 0.1) is 17.1 Å². The zero-order valence-electron chi connectivity index (χ0n) is 10.4. The summed E-state index contributed by atoms with van der Waals surface area (Å²) in [7, 11) is 0. The van der Waals surface area contributed by atoms with E-state index in [1.54, 1.807) is 25.1 Å². The highest BCUT2D eigenvalue weighted by atomic mass is 19.1. The van der Waals surface area contributed by atoms with Crippen LogP contribution < -0.4 is 5.73 Å². The Labute approximate surface area is 102 Å². The third-order valence-corrected chi connectivity index (χ3v) is 1.95. The Morgan fingerprint density at radius 2 is 2.06 bits per heavy atom. The van der Waals surface area contributed by atoms with Crippen molar-refractivity contribution in [1.82, 2.24) is 0 Å². The van der Waals surface area contributed by atoms with Gasteiger partial charge in [-0.1, -0.05) is 26.5 Å². The first-order chi connectivity index (χ1) is 8.04. The van der Waals surface area contributed by atoms with E-state index in [4.69, 9.17) is 11.0 Å². The SMILES string of the molecule is C=C(N)/C=C(\C)c1ccc(C#N)c(F)c1.CC. The van der Waals surface area contributed by atoms with E-state index in [1.165, 1.54) is 12.1 Å². The van der Waals surface area contributed by atoms with Gasteiger partial charge in [0.05, 0.1) is 5.56 Å². The zero-order valence-corrected chi connectivity index (χ0v) is 10.4. The first-order valence-electron chi connectivity index (χ1n) is 5.37. The minimum Gasteiger partial charge on any atom is -0.399 e. The van der Waals surface area contributed by atoms with Crippen molar-refractivity contribution in [3.05, 3.63) is 53.5 Å². The molecule has 0 aliphatic heterocycles. The molecule has 0 atom stereocenters. The Morgan fingerprint density at radius 1 is 1.47 bits per heavy atom. The van der Waals surface area contributed by atoms with E-state index in [-0.39, 0.29) is 5.56 Å². The van der Waals surface area contributed by atoms with Crippen molar-refractivity contribution in [2.75, 3.05) is 0 Å². The largest absolute Gasteiger partial charge is 0.399 e. The van der Waals surface area contributed by atoms with E-state index < -0.39 is 5.82 Å². The molecule has 3 heteroatoms. The van der Waals surface area contributed by atoms with Gasteiger partial charge < -0.3 is 5.73 Å². The van der Waals surface area contributed by atoms with Crippen LogP contribution in [-0.2, 0) is 0 Å². The number of nitrogens with zero attached hydrogens (tertiary/aromatic N) is 1. The second-order valence-electron chi connectivity index (χ2n) is 3.21. The number of hydrogen-bond donors (Lipinski definition) is 1. The number of benzene rings is 1. The summed E-state index contributed by atoms with van der Waals surface area (Å²) in [5.74, 6) is -0.523. The average molecular weight is 232 g/mol. The second kappa shape index (κ2) is 7.24. The molecule has 0 unspecified atom stereocenters. The maximum atomic E-state index is 13.2. The van der Waals surface area contributed by atoms with E-state index in [0.29, 0.717) is 11.3 Å². The van der Waals surface area contributed by atoms with Crippen LogP contribution in [0.3, 0.4) is 0 Å². The van der Waals surface area contributed by atoms with E-state index in [1.807, 2.05) is 13.8 Å². The summed E-state index contributed by atoms with van der Waals surface area (Å²) in [5.41, 5.74) is 7.37. The fraction of sp³-hybridized carbons (Fsp3) is 0.214. The number of halogens is 1. The summed E-state index contributed by atoms with van der Waals surface area (Å²) in [5, 5.41) is 8.55. The first-order valence-corrected chi connectivity index (χ1v) is 5.37. The maximum Gasteiger partial charge on any atom is 0.141 e. The smallest absolute Gasteiger partial charge is 0.141 e. The Morgan fingerprint density at radius 3 is 2.47 bits per heavy atom. The maximum absolute atomic E-state index is 13.2.